The van der Waals surface area contributed by atoms with Gasteiger partial charge in [0.1, 0.15) is 5.82 Å². The molecule has 0 radical (unpaired) electrons. The summed E-state index contributed by atoms with van der Waals surface area (Å²) < 4.78 is 42.1. The van der Waals surface area contributed by atoms with Crippen LogP contribution in [-0.4, -0.2) is 36.9 Å². The van der Waals surface area contributed by atoms with E-state index in [1.54, 1.807) is 29.9 Å². The molecule has 7 nitrogen and oxygen atoms in total. The highest BCUT2D eigenvalue weighted by Crippen LogP contribution is 2.30. The zero-order chi connectivity index (χ0) is 22.7. The zero-order valence-corrected chi connectivity index (χ0v) is 19.6. The molecule has 170 valence electrons. The summed E-state index contributed by atoms with van der Waals surface area (Å²) in [5.41, 5.74) is 4.26. The van der Waals surface area contributed by atoms with Gasteiger partial charge in [-0.15, -0.1) is 11.3 Å². The Bertz CT molecular complexity index is 1180. The van der Waals surface area contributed by atoms with Crippen molar-refractivity contribution < 1.29 is 12.8 Å². The van der Waals surface area contributed by atoms with Crippen molar-refractivity contribution in [2.75, 3.05) is 23.6 Å². The van der Waals surface area contributed by atoms with Crippen LogP contribution in [0.4, 0.5) is 15.9 Å². The van der Waals surface area contributed by atoms with Crippen LogP contribution in [0, 0.1) is 18.7 Å². The Morgan fingerprint density at radius 2 is 2.06 bits per heavy atom. The number of halogens is 1. The first-order chi connectivity index (χ1) is 15.3. The van der Waals surface area contributed by atoms with Crippen LogP contribution in [0.3, 0.4) is 0 Å². The summed E-state index contributed by atoms with van der Waals surface area (Å²) >= 11 is 1.29. The summed E-state index contributed by atoms with van der Waals surface area (Å²) in [7, 11) is -1.77. The molecule has 1 aliphatic carbocycles. The minimum atomic E-state index is -3.83. The number of pyridine rings is 1. The Morgan fingerprint density at radius 1 is 1.25 bits per heavy atom. The van der Waals surface area contributed by atoms with Crippen LogP contribution in [0.2, 0.25) is 0 Å². The van der Waals surface area contributed by atoms with Gasteiger partial charge >= 0.3 is 0 Å². The summed E-state index contributed by atoms with van der Waals surface area (Å²) in [6, 6.07) is 8.23. The van der Waals surface area contributed by atoms with E-state index in [4.69, 9.17) is 0 Å². The van der Waals surface area contributed by atoms with E-state index in [0.29, 0.717) is 23.5 Å². The number of nitrogens with zero attached hydrogens (tertiary/aromatic N) is 3. The van der Waals surface area contributed by atoms with Crippen molar-refractivity contribution in [2.45, 2.75) is 37.9 Å². The second-order valence-corrected chi connectivity index (χ2v) is 10.5. The minimum absolute atomic E-state index is 0.0955. The van der Waals surface area contributed by atoms with Crippen molar-refractivity contribution in [1.82, 2.24) is 14.9 Å². The predicted molar refractivity (Wildman–Crippen MR) is 125 cm³/mol. The van der Waals surface area contributed by atoms with Crippen LogP contribution in [-0.2, 0) is 23.1 Å². The lowest BCUT2D eigenvalue weighted by atomic mass is 10.1. The molecule has 3 aromatic rings. The molecule has 1 aromatic carbocycles. The molecule has 4 rings (SSSR count). The number of rotatable bonds is 10. The predicted octanol–water partition coefficient (Wildman–Crippen LogP) is 4.24. The third kappa shape index (κ3) is 5.62. The number of hydrogen-bond donors (Lipinski definition) is 2. The Balaban J connectivity index is 1.46. The van der Waals surface area contributed by atoms with Crippen LogP contribution < -0.4 is 10.0 Å². The van der Waals surface area contributed by atoms with Gasteiger partial charge in [0.05, 0.1) is 16.9 Å². The molecule has 1 fully saturated rings. The Morgan fingerprint density at radius 3 is 2.75 bits per heavy atom. The summed E-state index contributed by atoms with van der Waals surface area (Å²) in [4.78, 5) is 10.4. The first-order valence-electron chi connectivity index (χ1n) is 10.4. The van der Waals surface area contributed by atoms with Crippen molar-refractivity contribution >= 4 is 32.9 Å². The van der Waals surface area contributed by atoms with Crippen LogP contribution in [0.1, 0.15) is 29.7 Å². The average molecular weight is 476 g/mol. The fraction of sp³-hybridized carbons (Fsp3) is 0.364. The lowest BCUT2D eigenvalue weighted by molar-refractivity contribution is 0.311. The van der Waals surface area contributed by atoms with Crippen molar-refractivity contribution in [3.05, 3.63) is 63.9 Å². The SMILES string of the molecule is Cc1nc(S(=O)(=O)Nc2cscn2)ccc1NCc1c(F)cccc1CN(C)CC1CC1. The third-order valence-corrected chi connectivity index (χ3v) is 7.23. The van der Waals surface area contributed by atoms with Crippen LogP contribution in [0.25, 0.3) is 0 Å². The molecule has 0 unspecified atom stereocenters. The lowest BCUT2D eigenvalue weighted by Gasteiger charge is -2.20. The van der Waals surface area contributed by atoms with E-state index in [1.165, 1.54) is 36.3 Å². The highest BCUT2D eigenvalue weighted by molar-refractivity contribution is 7.92. The molecular formula is C22H26FN5O2S2. The molecule has 0 saturated heterocycles. The summed E-state index contributed by atoms with van der Waals surface area (Å²) in [6.07, 6.45) is 2.55. The van der Waals surface area contributed by atoms with Crippen molar-refractivity contribution in [1.29, 1.82) is 0 Å². The smallest absolute Gasteiger partial charge is 0.280 e. The van der Waals surface area contributed by atoms with Gasteiger partial charge in [-0.1, -0.05) is 12.1 Å². The van der Waals surface area contributed by atoms with Crippen molar-refractivity contribution in [2.24, 2.45) is 5.92 Å². The third-order valence-electron chi connectivity index (χ3n) is 5.39. The largest absolute Gasteiger partial charge is 0.379 e. The van der Waals surface area contributed by atoms with E-state index >= 15 is 0 Å². The molecule has 1 saturated carbocycles. The van der Waals surface area contributed by atoms with E-state index in [9.17, 15) is 12.8 Å². The van der Waals surface area contributed by atoms with E-state index < -0.39 is 10.0 Å². The van der Waals surface area contributed by atoms with Gasteiger partial charge in [0, 0.05) is 30.6 Å². The maximum absolute atomic E-state index is 14.6. The van der Waals surface area contributed by atoms with Crippen molar-refractivity contribution in [3.8, 4) is 0 Å². The summed E-state index contributed by atoms with van der Waals surface area (Å²) in [5.74, 6) is 0.770. The van der Waals surface area contributed by atoms with Gasteiger partial charge in [0.15, 0.2) is 10.8 Å². The number of aromatic nitrogens is 2. The molecule has 2 heterocycles. The molecule has 0 bridgehead atoms. The number of anilines is 2. The topological polar surface area (TPSA) is 87.2 Å². The van der Waals surface area contributed by atoms with Gasteiger partial charge in [0.25, 0.3) is 10.0 Å². The summed E-state index contributed by atoms with van der Waals surface area (Å²) in [6.45, 7) is 3.71. The fourth-order valence-electron chi connectivity index (χ4n) is 3.56. The number of nitrogens with one attached hydrogen (secondary N) is 2. The molecule has 1 aliphatic rings. The molecule has 10 heteroatoms. The Kier molecular flexibility index (Phi) is 6.73. The molecule has 2 N–H and O–H groups in total. The molecular weight excluding hydrogens is 449 g/mol. The van der Waals surface area contributed by atoms with Crippen molar-refractivity contribution in [3.63, 3.8) is 0 Å². The second-order valence-electron chi connectivity index (χ2n) is 8.13. The highest BCUT2D eigenvalue weighted by Gasteiger charge is 2.23. The fourth-order valence-corrected chi connectivity index (χ4v) is 5.11. The van der Waals surface area contributed by atoms with Gasteiger partial charge in [-0.05, 0) is 56.5 Å². The Labute approximate surface area is 191 Å². The average Bonchev–Trinajstić information content (AvgIpc) is 3.40. The van der Waals surface area contributed by atoms with Gasteiger partial charge in [-0.25, -0.2) is 14.4 Å². The van der Waals surface area contributed by atoms with E-state index in [1.807, 2.05) is 6.07 Å². The van der Waals surface area contributed by atoms with Crippen LogP contribution >= 0.6 is 11.3 Å². The normalized spacial score (nSPS) is 14.0. The second kappa shape index (κ2) is 9.51. The maximum Gasteiger partial charge on any atom is 0.280 e. The lowest BCUT2D eigenvalue weighted by Crippen LogP contribution is -2.22. The first-order valence-corrected chi connectivity index (χ1v) is 12.8. The quantitative estimate of drug-likeness (QED) is 0.456. The minimum Gasteiger partial charge on any atom is -0.379 e. The Hall–Kier alpha value is -2.56. The summed E-state index contributed by atoms with van der Waals surface area (Å²) in [5, 5.41) is 4.72. The van der Waals surface area contributed by atoms with Gasteiger partial charge < -0.3 is 10.2 Å². The van der Waals surface area contributed by atoms with E-state index in [-0.39, 0.29) is 23.2 Å². The molecule has 0 amide bonds. The van der Waals surface area contributed by atoms with E-state index in [0.717, 1.165) is 18.0 Å². The molecule has 0 spiro atoms. The zero-order valence-electron chi connectivity index (χ0n) is 18.0. The number of aryl methyl sites for hydroxylation is 1. The van der Waals surface area contributed by atoms with Gasteiger partial charge in [-0.2, -0.15) is 8.42 Å². The number of benzene rings is 1. The van der Waals surface area contributed by atoms with Crippen LogP contribution in [0.5, 0.6) is 0 Å². The maximum atomic E-state index is 14.6. The molecule has 32 heavy (non-hydrogen) atoms. The highest BCUT2D eigenvalue weighted by atomic mass is 32.2. The number of thiazole rings is 1. The van der Waals surface area contributed by atoms with Crippen LogP contribution in [0.15, 0.2) is 46.2 Å². The number of sulfonamides is 1. The molecule has 2 aromatic heterocycles. The van der Waals surface area contributed by atoms with Gasteiger partial charge in [0.2, 0.25) is 0 Å². The molecule has 0 aliphatic heterocycles. The van der Waals surface area contributed by atoms with E-state index in [2.05, 4.69) is 32.0 Å². The monoisotopic (exact) mass is 475 g/mol. The number of hydrogen-bond acceptors (Lipinski definition) is 7. The van der Waals surface area contributed by atoms with Gasteiger partial charge in [-0.3, -0.25) is 4.72 Å². The standard InChI is InChI=1S/C22H26FN5O2S2/c1-15-20(8-9-22(26-15)32(29,30)27-21-13-31-14-25-21)24-10-18-17(4-3-5-19(18)23)12-28(2)11-16-6-7-16/h3-5,8-9,13-14,16,24,27H,6-7,10-12H2,1-2H3. The first kappa shape index (κ1) is 22.6. The molecule has 0 atom stereocenters.